The summed E-state index contributed by atoms with van der Waals surface area (Å²) in [5.74, 6) is 1.50. The van der Waals surface area contributed by atoms with Crippen molar-refractivity contribution in [1.29, 1.82) is 0 Å². The minimum Gasteiger partial charge on any atom is -0.493 e. The monoisotopic (exact) mass is 448 g/mol. The van der Waals surface area contributed by atoms with Crippen LogP contribution in [0.5, 0.6) is 11.5 Å². The van der Waals surface area contributed by atoms with E-state index in [1.807, 2.05) is 41.9 Å². The molecule has 3 aromatic rings. The van der Waals surface area contributed by atoms with Gasteiger partial charge in [0.25, 0.3) is 0 Å². The van der Waals surface area contributed by atoms with Gasteiger partial charge in [0.05, 0.1) is 33.0 Å². The van der Waals surface area contributed by atoms with Gasteiger partial charge in [-0.1, -0.05) is 30.3 Å². The van der Waals surface area contributed by atoms with E-state index < -0.39 is 0 Å². The summed E-state index contributed by atoms with van der Waals surface area (Å²) < 4.78 is 12.9. The number of nitrogens with one attached hydrogen (secondary N) is 1. The predicted molar refractivity (Wildman–Crippen MR) is 128 cm³/mol. The molecule has 7 nitrogen and oxygen atoms in total. The Labute approximate surface area is 195 Å². The van der Waals surface area contributed by atoms with Crippen LogP contribution < -0.4 is 14.8 Å². The molecule has 0 spiro atoms. The highest BCUT2D eigenvalue weighted by atomic mass is 16.5. The molecule has 4 rings (SSSR count). The lowest BCUT2D eigenvalue weighted by Gasteiger charge is -2.29. The molecular weight excluding hydrogens is 416 g/mol. The van der Waals surface area contributed by atoms with Gasteiger partial charge in [-0.05, 0) is 49.1 Å². The largest absolute Gasteiger partial charge is 0.493 e. The fourth-order valence-corrected chi connectivity index (χ4v) is 4.42. The van der Waals surface area contributed by atoms with Gasteiger partial charge in [-0.3, -0.25) is 14.4 Å². The maximum atomic E-state index is 12.7. The van der Waals surface area contributed by atoms with Gasteiger partial charge < -0.3 is 14.8 Å². The number of methoxy groups -OCH3 is 2. The second-order valence-corrected chi connectivity index (χ2v) is 8.51. The van der Waals surface area contributed by atoms with Gasteiger partial charge in [0.15, 0.2) is 11.5 Å². The molecule has 174 valence electrons. The van der Waals surface area contributed by atoms with Gasteiger partial charge in [0, 0.05) is 30.9 Å². The molecule has 1 N–H and O–H groups in total. The molecule has 1 aromatic heterocycles. The minimum absolute atomic E-state index is 0.0218. The SMILES string of the molecule is COc1cc2c(cc1OC)CN(CC(=O)NCc1c(C)nn(Cc3ccccc3)c1C)CC2. The second kappa shape index (κ2) is 10.1. The Morgan fingerprint density at radius 3 is 2.45 bits per heavy atom. The zero-order valence-corrected chi connectivity index (χ0v) is 19.9. The summed E-state index contributed by atoms with van der Waals surface area (Å²) in [6, 6.07) is 14.3. The van der Waals surface area contributed by atoms with E-state index >= 15 is 0 Å². The standard InChI is InChI=1S/C26H32N4O3/c1-18-23(19(2)30(28-18)15-20-8-6-5-7-9-20)14-27-26(31)17-29-11-10-21-12-24(32-3)25(33-4)13-22(21)16-29/h5-9,12-13H,10-11,14-17H2,1-4H3,(H,27,31). The lowest BCUT2D eigenvalue weighted by Crippen LogP contribution is -2.39. The van der Waals surface area contributed by atoms with Crippen LogP contribution in [-0.4, -0.2) is 47.9 Å². The Morgan fingerprint density at radius 2 is 1.76 bits per heavy atom. The van der Waals surface area contributed by atoms with Gasteiger partial charge in [-0.25, -0.2) is 0 Å². The fraction of sp³-hybridized carbons (Fsp3) is 0.385. The Hall–Kier alpha value is -3.32. The van der Waals surface area contributed by atoms with Crippen molar-refractivity contribution >= 4 is 5.91 Å². The van der Waals surface area contributed by atoms with E-state index in [-0.39, 0.29) is 5.91 Å². The second-order valence-electron chi connectivity index (χ2n) is 8.51. The number of amides is 1. The third-order valence-corrected chi connectivity index (χ3v) is 6.33. The molecule has 0 radical (unpaired) electrons. The summed E-state index contributed by atoms with van der Waals surface area (Å²) in [6.07, 6.45) is 0.882. The number of fused-ring (bicyclic) bond motifs is 1. The van der Waals surface area contributed by atoms with E-state index in [1.54, 1.807) is 14.2 Å². The van der Waals surface area contributed by atoms with Crippen LogP contribution in [0.2, 0.25) is 0 Å². The van der Waals surface area contributed by atoms with Crippen molar-refractivity contribution < 1.29 is 14.3 Å². The van der Waals surface area contributed by atoms with Crippen molar-refractivity contribution in [3.8, 4) is 11.5 Å². The summed E-state index contributed by atoms with van der Waals surface area (Å²) in [4.78, 5) is 14.9. The molecule has 0 bridgehead atoms. The van der Waals surface area contributed by atoms with Crippen LogP contribution in [0.1, 0.15) is 33.6 Å². The topological polar surface area (TPSA) is 68.6 Å². The number of ether oxygens (including phenoxy) is 2. The van der Waals surface area contributed by atoms with E-state index in [9.17, 15) is 4.79 Å². The quantitative estimate of drug-likeness (QED) is 0.573. The van der Waals surface area contributed by atoms with Crippen LogP contribution in [0.25, 0.3) is 0 Å². The van der Waals surface area contributed by atoms with E-state index in [1.165, 1.54) is 16.7 Å². The number of carbonyl (C=O) groups excluding carboxylic acids is 1. The van der Waals surface area contributed by atoms with Crippen molar-refractivity contribution in [2.75, 3.05) is 27.3 Å². The van der Waals surface area contributed by atoms with Crippen LogP contribution >= 0.6 is 0 Å². The molecule has 1 amide bonds. The molecule has 33 heavy (non-hydrogen) atoms. The molecule has 1 aliphatic heterocycles. The average molecular weight is 449 g/mol. The Kier molecular flexibility index (Phi) is 6.99. The molecule has 2 aromatic carbocycles. The normalized spacial score (nSPS) is 13.5. The minimum atomic E-state index is 0.0218. The lowest BCUT2D eigenvalue weighted by molar-refractivity contribution is -0.122. The highest BCUT2D eigenvalue weighted by Crippen LogP contribution is 2.33. The first kappa shape index (κ1) is 22.9. The molecule has 7 heteroatoms. The molecular formula is C26H32N4O3. The maximum absolute atomic E-state index is 12.7. The summed E-state index contributed by atoms with van der Waals surface area (Å²) in [5.41, 5.74) is 6.77. The number of rotatable bonds is 8. The average Bonchev–Trinajstić information content (AvgIpc) is 3.09. The van der Waals surface area contributed by atoms with Crippen LogP contribution in [0, 0.1) is 13.8 Å². The van der Waals surface area contributed by atoms with E-state index in [2.05, 4.69) is 34.4 Å². The van der Waals surface area contributed by atoms with Crippen LogP contribution in [-0.2, 0) is 30.8 Å². The van der Waals surface area contributed by atoms with E-state index in [0.717, 1.165) is 54.5 Å². The van der Waals surface area contributed by atoms with Crippen LogP contribution in [0.15, 0.2) is 42.5 Å². The van der Waals surface area contributed by atoms with Crippen molar-refractivity contribution in [3.05, 3.63) is 76.1 Å². The van der Waals surface area contributed by atoms with Crippen molar-refractivity contribution in [3.63, 3.8) is 0 Å². The number of aryl methyl sites for hydroxylation is 1. The fourth-order valence-electron chi connectivity index (χ4n) is 4.42. The zero-order valence-electron chi connectivity index (χ0n) is 19.9. The first-order valence-electron chi connectivity index (χ1n) is 11.3. The predicted octanol–water partition coefficient (Wildman–Crippen LogP) is 3.24. The molecule has 0 aliphatic carbocycles. The first-order valence-corrected chi connectivity index (χ1v) is 11.3. The Balaban J connectivity index is 1.35. The third-order valence-electron chi connectivity index (χ3n) is 6.33. The zero-order chi connectivity index (χ0) is 23.4. The van der Waals surface area contributed by atoms with Gasteiger partial charge in [0.2, 0.25) is 5.91 Å². The number of hydrogen-bond acceptors (Lipinski definition) is 5. The molecule has 0 saturated heterocycles. The first-order chi connectivity index (χ1) is 16.0. The molecule has 0 fully saturated rings. The van der Waals surface area contributed by atoms with Gasteiger partial charge in [-0.15, -0.1) is 0 Å². The lowest BCUT2D eigenvalue weighted by atomic mass is 9.99. The summed E-state index contributed by atoms with van der Waals surface area (Å²) in [7, 11) is 3.29. The number of nitrogens with zero attached hydrogens (tertiary/aromatic N) is 3. The molecule has 0 atom stereocenters. The summed E-state index contributed by atoms with van der Waals surface area (Å²) >= 11 is 0. The number of benzene rings is 2. The van der Waals surface area contributed by atoms with Crippen molar-refractivity contribution in [2.45, 2.75) is 39.9 Å². The summed E-state index contributed by atoms with van der Waals surface area (Å²) in [5, 5.41) is 7.78. The van der Waals surface area contributed by atoms with Crippen molar-refractivity contribution in [1.82, 2.24) is 20.0 Å². The smallest absolute Gasteiger partial charge is 0.234 e. The number of carbonyl (C=O) groups is 1. The highest BCUT2D eigenvalue weighted by molar-refractivity contribution is 5.78. The highest BCUT2D eigenvalue weighted by Gasteiger charge is 2.21. The number of aromatic nitrogens is 2. The van der Waals surface area contributed by atoms with Gasteiger partial charge >= 0.3 is 0 Å². The Bertz CT molecular complexity index is 1120. The molecule has 0 saturated carbocycles. The summed E-state index contributed by atoms with van der Waals surface area (Å²) in [6.45, 7) is 7.19. The third kappa shape index (κ3) is 5.20. The van der Waals surface area contributed by atoms with Gasteiger partial charge in [-0.2, -0.15) is 5.10 Å². The van der Waals surface area contributed by atoms with Crippen LogP contribution in [0.4, 0.5) is 0 Å². The Morgan fingerprint density at radius 1 is 1.06 bits per heavy atom. The molecule has 2 heterocycles. The van der Waals surface area contributed by atoms with E-state index in [0.29, 0.717) is 13.1 Å². The van der Waals surface area contributed by atoms with E-state index in [4.69, 9.17) is 9.47 Å². The van der Waals surface area contributed by atoms with Crippen LogP contribution in [0.3, 0.4) is 0 Å². The molecule has 0 unspecified atom stereocenters. The molecule has 1 aliphatic rings. The maximum Gasteiger partial charge on any atom is 0.234 e. The van der Waals surface area contributed by atoms with Crippen molar-refractivity contribution in [2.24, 2.45) is 0 Å². The number of hydrogen-bond donors (Lipinski definition) is 1. The van der Waals surface area contributed by atoms with Gasteiger partial charge in [0.1, 0.15) is 0 Å².